The van der Waals surface area contributed by atoms with Gasteiger partial charge in [0.05, 0.1) is 50.5 Å². The molecule has 1 aromatic heterocycles. The molecule has 0 spiro atoms. The zero-order chi connectivity index (χ0) is 21.0. The van der Waals surface area contributed by atoms with Crippen molar-refractivity contribution in [2.24, 2.45) is 0 Å². The van der Waals surface area contributed by atoms with Crippen molar-refractivity contribution in [3.8, 4) is 5.75 Å². The number of amides is 2. The lowest BCUT2D eigenvalue weighted by Gasteiger charge is -2.34. The Morgan fingerprint density at radius 1 is 1.31 bits per heavy atom. The summed E-state index contributed by atoms with van der Waals surface area (Å²) < 4.78 is 10.2. The molecule has 1 saturated heterocycles. The first-order valence-corrected chi connectivity index (χ1v) is 9.21. The smallest absolute Gasteiger partial charge is 0.296 e. The maximum absolute atomic E-state index is 12.7. The predicted octanol–water partition coefficient (Wildman–Crippen LogP) is 0.564. The number of nitrogens with zero attached hydrogens (tertiary/aromatic N) is 2. The van der Waals surface area contributed by atoms with Gasteiger partial charge in [-0.05, 0) is 31.2 Å². The van der Waals surface area contributed by atoms with E-state index in [0.29, 0.717) is 37.7 Å². The molecule has 1 aliphatic heterocycles. The molecule has 0 radical (unpaired) electrons. The molecule has 3 rings (SSSR count). The quantitative estimate of drug-likeness (QED) is 0.537. The maximum Gasteiger partial charge on any atom is 0.296 e. The Kier molecular flexibility index (Phi) is 6.13. The van der Waals surface area contributed by atoms with Gasteiger partial charge in [-0.3, -0.25) is 19.7 Å². The van der Waals surface area contributed by atoms with Gasteiger partial charge in [-0.1, -0.05) is 0 Å². The minimum absolute atomic E-state index is 0.124. The summed E-state index contributed by atoms with van der Waals surface area (Å²) in [7, 11) is 1.42. The zero-order valence-corrected chi connectivity index (χ0v) is 16.2. The average molecular weight is 403 g/mol. The van der Waals surface area contributed by atoms with E-state index in [1.807, 2.05) is 0 Å². The highest BCUT2D eigenvalue weighted by molar-refractivity contribution is 5.96. The second kappa shape index (κ2) is 8.74. The highest BCUT2D eigenvalue weighted by Gasteiger charge is 2.32. The molecule has 2 heterocycles. The van der Waals surface area contributed by atoms with Gasteiger partial charge in [-0.25, -0.2) is 0 Å². The van der Waals surface area contributed by atoms with E-state index in [1.165, 1.54) is 25.5 Å². The number of benzene rings is 1. The molecule has 2 N–H and O–H groups in total. The molecule has 0 saturated carbocycles. The van der Waals surface area contributed by atoms with Crippen LogP contribution < -0.4 is 15.0 Å². The molecule has 10 nitrogen and oxygen atoms in total. The molecule has 1 atom stereocenters. The number of rotatable bonds is 6. The van der Waals surface area contributed by atoms with Crippen molar-refractivity contribution >= 4 is 23.2 Å². The van der Waals surface area contributed by atoms with Gasteiger partial charge in [0.15, 0.2) is 11.8 Å². The second-order valence-electron chi connectivity index (χ2n) is 6.78. The fourth-order valence-corrected chi connectivity index (χ4v) is 3.31. The lowest BCUT2D eigenvalue weighted by molar-refractivity contribution is -0.917. The van der Waals surface area contributed by atoms with Crippen molar-refractivity contribution < 1.29 is 28.6 Å². The molecular formula is C19H23N4O6+. The van der Waals surface area contributed by atoms with Gasteiger partial charge in [-0.15, -0.1) is 0 Å². The molecule has 2 amide bonds. The van der Waals surface area contributed by atoms with E-state index < -0.39 is 11.0 Å². The lowest BCUT2D eigenvalue weighted by atomic mass is 10.2. The van der Waals surface area contributed by atoms with Crippen LogP contribution in [0.2, 0.25) is 0 Å². The van der Waals surface area contributed by atoms with E-state index in [0.717, 1.165) is 4.90 Å². The van der Waals surface area contributed by atoms with E-state index in [1.54, 1.807) is 30.0 Å². The summed E-state index contributed by atoms with van der Waals surface area (Å²) in [6, 6.07) is 7.14. The van der Waals surface area contributed by atoms with Crippen molar-refractivity contribution in [3.05, 3.63) is 52.5 Å². The van der Waals surface area contributed by atoms with Crippen LogP contribution in [0.15, 0.2) is 41.0 Å². The Bertz CT molecular complexity index is 890. The number of nitro benzene ring substituents is 1. The topological polar surface area (TPSA) is 119 Å². The Morgan fingerprint density at radius 2 is 2.03 bits per heavy atom. The number of carbonyl (C=O) groups is 2. The molecule has 2 aromatic rings. The van der Waals surface area contributed by atoms with Gasteiger partial charge >= 0.3 is 0 Å². The molecule has 1 fully saturated rings. The Hall–Kier alpha value is -3.40. The first-order chi connectivity index (χ1) is 13.9. The SMILES string of the molecule is COc1ccc(NC(=O)[C@H](C)[NH+]2CCN(C(=O)c3ccco3)CC2)c([N+](=O)[O-])c1. The molecule has 0 unspecified atom stereocenters. The van der Waals surface area contributed by atoms with Crippen LogP contribution in [-0.4, -0.2) is 61.0 Å². The number of ether oxygens (including phenoxy) is 1. The Morgan fingerprint density at radius 3 is 2.62 bits per heavy atom. The van der Waals surface area contributed by atoms with Crippen LogP contribution in [0.3, 0.4) is 0 Å². The number of hydrogen-bond donors (Lipinski definition) is 2. The summed E-state index contributed by atoms with van der Waals surface area (Å²) in [4.78, 5) is 38.4. The van der Waals surface area contributed by atoms with Crippen LogP contribution in [0.5, 0.6) is 5.75 Å². The number of nitrogens with one attached hydrogen (secondary N) is 2. The van der Waals surface area contributed by atoms with E-state index >= 15 is 0 Å². The maximum atomic E-state index is 12.7. The summed E-state index contributed by atoms with van der Waals surface area (Å²) in [6.07, 6.45) is 1.46. The summed E-state index contributed by atoms with van der Waals surface area (Å²) in [5, 5.41) is 13.9. The molecular weight excluding hydrogens is 380 g/mol. The predicted molar refractivity (Wildman–Crippen MR) is 103 cm³/mol. The first kappa shape index (κ1) is 20.3. The summed E-state index contributed by atoms with van der Waals surface area (Å²) >= 11 is 0. The number of furan rings is 1. The van der Waals surface area contributed by atoms with E-state index in [4.69, 9.17) is 9.15 Å². The number of carbonyl (C=O) groups excluding carboxylic acids is 2. The largest absolute Gasteiger partial charge is 0.496 e. The molecule has 0 aliphatic carbocycles. The van der Waals surface area contributed by atoms with Gasteiger partial charge in [0, 0.05) is 0 Å². The fraction of sp³-hybridized carbons (Fsp3) is 0.368. The second-order valence-corrected chi connectivity index (χ2v) is 6.78. The molecule has 0 bridgehead atoms. The Balaban J connectivity index is 1.60. The van der Waals surface area contributed by atoms with Crippen LogP contribution in [-0.2, 0) is 4.79 Å². The third kappa shape index (κ3) is 4.54. The normalized spacial score (nSPS) is 15.6. The van der Waals surface area contributed by atoms with E-state index in [9.17, 15) is 19.7 Å². The highest BCUT2D eigenvalue weighted by atomic mass is 16.6. The molecule has 1 aromatic carbocycles. The highest BCUT2D eigenvalue weighted by Crippen LogP contribution is 2.28. The minimum atomic E-state index is -0.561. The van der Waals surface area contributed by atoms with Crippen molar-refractivity contribution in [1.82, 2.24) is 4.90 Å². The van der Waals surface area contributed by atoms with Gasteiger partial charge in [0.2, 0.25) is 0 Å². The number of hydrogen-bond acceptors (Lipinski definition) is 6. The molecule has 154 valence electrons. The average Bonchev–Trinajstić information content (AvgIpc) is 3.27. The molecule has 1 aliphatic rings. The number of quaternary nitrogens is 1. The first-order valence-electron chi connectivity index (χ1n) is 9.21. The minimum Gasteiger partial charge on any atom is -0.496 e. The van der Waals surface area contributed by atoms with Gasteiger partial charge in [0.1, 0.15) is 11.4 Å². The summed E-state index contributed by atoms with van der Waals surface area (Å²) in [6.45, 7) is 3.94. The molecule has 10 heteroatoms. The molecule has 29 heavy (non-hydrogen) atoms. The van der Waals surface area contributed by atoms with Crippen LogP contribution >= 0.6 is 0 Å². The van der Waals surface area contributed by atoms with Gasteiger partial charge in [-0.2, -0.15) is 0 Å². The Labute approximate surface area is 167 Å². The van der Waals surface area contributed by atoms with Crippen molar-refractivity contribution in [2.75, 3.05) is 38.6 Å². The van der Waals surface area contributed by atoms with Crippen molar-refractivity contribution in [1.29, 1.82) is 0 Å². The summed E-state index contributed by atoms with van der Waals surface area (Å²) in [5.74, 6) is 0.149. The van der Waals surface area contributed by atoms with E-state index in [2.05, 4.69) is 5.32 Å². The third-order valence-electron chi connectivity index (χ3n) is 5.09. The van der Waals surface area contributed by atoms with Crippen LogP contribution in [0.25, 0.3) is 0 Å². The standard InChI is InChI=1S/C19H22N4O6/c1-13(18(24)20-15-6-5-14(28-2)12-16(15)23(26)27)21-7-9-22(10-8-21)19(25)17-4-3-11-29-17/h3-6,11-13H,7-10H2,1-2H3,(H,20,24)/p+1/t13-/m0/s1. The van der Waals surface area contributed by atoms with Gasteiger partial charge in [0.25, 0.3) is 17.5 Å². The number of nitro groups is 1. The summed E-state index contributed by atoms with van der Waals surface area (Å²) in [5.41, 5.74) is -0.104. The van der Waals surface area contributed by atoms with Crippen LogP contribution in [0.4, 0.5) is 11.4 Å². The van der Waals surface area contributed by atoms with Crippen LogP contribution in [0.1, 0.15) is 17.5 Å². The van der Waals surface area contributed by atoms with Crippen molar-refractivity contribution in [3.63, 3.8) is 0 Å². The third-order valence-corrected chi connectivity index (χ3v) is 5.09. The zero-order valence-electron chi connectivity index (χ0n) is 16.2. The van der Waals surface area contributed by atoms with Gasteiger partial charge < -0.3 is 24.3 Å². The lowest BCUT2D eigenvalue weighted by Crippen LogP contribution is -3.19. The van der Waals surface area contributed by atoms with Crippen LogP contribution in [0, 0.1) is 10.1 Å². The number of anilines is 1. The monoisotopic (exact) mass is 403 g/mol. The van der Waals surface area contributed by atoms with E-state index in [-0.39, 0.29) is 23.2 Å². The van der Waals surface area contributed by atoms with Crippen molar-refractivity contribution in [2.45, 2.75) is 13.0 Å². The fourth-order valence-electron chi connectivity index (χ4n) is 3.31. The number of methoxy groups -OCH3 is 1. The number of piperazine rings is 1.